The Bertz CT molecular complexity index is 898. The van der Waals surface area contributed by atoms with Gasteiger partial charge in [0.1, 0.15) is 6.10 Å². The number of fused-ring (bicyclic) bond motifs is 7. The maximum absolute atomic E-state index is 12.2. The van der Waals surface area contributed by atoms with Crippen LogP contribution in [0.1, 0.15) is 66.2 Å². The topological polar surface area (TPSA) is 76.0 Å². The summed E-state index contributed by atoms with van der Waals surface area (Å²) in [6, 6.07) is 0. The molecule has 2 heterocycles. The lowest BCUT2D eigenvalue weighted by molar-refractivity contribution is -0.272. The minimum absolute atomic E-state index is 0.117. The molecule has 5 heteroatoms. The fourth-order valence-corrected chi connectivity index (χ4v) is 8.89. The molecule has 4 fully saturated rings. The van der Waals surface area contributed by atoms with Gasteiger partial charge in [0.15, 0.2) is 11.6 Å². The van der Waals surface area contributed by atoms with Gasteiger partial charge in [0.05, 0.1) is 18.8 Å². The van der Waals surface area contributed by atoms with Gasteiger partial charge in [0.2, 0.25) is 0 Å². The van der Waals surface area contributed by atoms with Gasteiger partial charge < -0.3 is 19.7 Å². The molecule has 2 saturated heterocycles. The Morgan fingerprint density at radius 2 is 1.91 bits per heavy atom. The molecule has 0 radical (unpaired) electrons. The highest BCUT2D eigenvalue weighted by Crippen LogP contribution is 2.69. The number of ketones is 1. The summed E-state index contributed by atoms with van der Waals surface area (Å²) in [6.45, 7) is 9.77. The number of allylic oxidation sites excluding steroid dienone is 3. The Morgan fingerprint density at radius 3 is 2.62 bits per heavy atom. The van der Waals surface area contributed by atoms with Gasteiger partial charge in [0, 0.05) is 23.7 Å². The summed E-state index contributed by atoms with van der Waals surface area (Å²) in [7, 11) is 0. The number of aliphatic hydroxyl groups excluding tert-OH is 2. The third kappa shape index (κ3) is 2.57. The SMILES string of the molecule is C[C@@H]1CC[C@@]2(OC1)O[C@H]1C[C@H]3C4=CCC5=CC(=O)[C@@H](O)C[C@]5(C)[C@H]4C[C@H](O)[C@]3(C)[C@H]1[C@@H]2C. The van der Waals surface area contributed by atoms with Gasteiger partial charge in [-0.05, 0) is 61.3 Å². The highest BCUT2D eigenvalue weighted by Gasteiger charge is 2.70. The van der Waals surface area contributed by atoms with Crippen LogP contribution in [0.4, 0.5) is 0 Å². The Morgan fingerprint density at radius 1 is 1.12 bits per heavy atom. The van der Waals surface area contributed by atoms with E-state index in [2.05, 4.69) is 33.8 Å². The highest BCUT2D eigenvalue weighted by atomic mass is 16.7. The van der Waals surface area contributed by atoms with Gasteiger partial charge >= 0.3 is 0 Å². The molecule has 0 aromatic carbocycles. The third-order valence-corrected chi connectivity index (χ3v) is 10.8. The fourth-order valence-electron chi connectivity index (χ4n) is 8.89. The summed E-state index contributed by atoms with van der Waals surface area (Å²) in [4.78, 5) is 12.2. The van der Waals surface area contributed by atoms with Crippen molar-refractivity contribution in [3.8, 4) is 0 Å². The van der Waals surface area contributed by atoms with Crippen molar-refractivity contribution in [3.05, 3.63) is 23.3 Å². The van der Waals surface area contributed by atoms with Gasteiger partial charge in [-0.3, -0.25) is 4.79 Å². The zero-order valence-electron chi connectivity index (χ0n) is 19.8. The van der Waals surface area contributed by atoms with Crippen molar-refractivity contribution < 1.29 is 24.5 Å². The molecule has 5 nitrogen and oxygen atoms in total. The lowest BCUT2D eigenvalue weighted by Gasteiger charge is -2.57. The van der Waals surface area contributed by atoms with Crippen molar-refractivity contribution in [2.75, 3.05) is 6.61 Å². The van der Waals surface area contributed by atoms with E-state index in [1.165, 1.54) is 5.57 Å². The number of carbonyl (C=O) groups is 1. The van der Waals surface area contributed by atoms with Crippen LogP contribution in [0.2, 0.25) is 0 Å². The van der Waals surface area contributed by atoms with Crippen LogP contribution in [-0.2, 0) is 14.3 Å². The lowest BCUT2D eigenvalue weighted by Crippen LogP contribution is -2.55. The average molecular weight is 443 g/mol. The zero-order chi connectivity index (χ0) is 22.6. The summed E-state index contributed by atoms with van der Waals surface area (Å²) < 4.78 is 13.1. The second-order valence-corrected chi connectivity index (χ2v) is 12.3. The van der Waals surface area contributed by atoms with E-state index in [0.29, 0.717) is 18.8 Å². The minimum Gasteiger partial charge on any atom is -0.393 e. The predicted molar refractivity (Wildman–Crippen MR) is 119 cm³/mol. The molecular formula is C27H38O5. The van der Waals surface area contributed by atoms with Crippen LogP contribution < -0.4 is 0 Å². The smallest absolute Gasteiger partial charge is 0.184 e. The fraction of sp³-hybridized carbons (Fsp3) is 0.815. The predicted octanol–water partition coefficient (Wildman–Crippen LogP) is 3.78. The Kier molecular flexibility index (Phi) is 4.56. The summed E-state index contributed by atoms with van der Waals surface area (Å²) in [6.07, 6.45) is 7.73. The van der Waals surface area contributed by atoms with E-state index in [1.807, 2.05) is 0 Å². The largest absolute Gasteiger partial charge is 0.393 e. The number of aliphatic hydroxyl groups is 2. The van der Waals surface area contributed by atoms with Gasteiger partial charge in [-0.15, -0.1) is 0 Å². The Labute approximate surface area is 191 Å². The minimum atomic E-state index is -0.925. The van der Waals surface area contributed by atoms with Crippen LogP contribution in [-0.4, -0.2) is 46.7 Å². The molecule has 2 N–H and O–H groups in total. The molecule has 1 spiro atoms. The summed E-state index contributed by atoms with van der Waals surface area (Å²) in [5.41, 5.74) is 2.08. The Hall–Kier alpha value is -1.01. The van der Waals surface area contributed by atoms with Crippen LogP contribution in [0.25, 0.3) is 0 Å². The molecule has 0 bridgehead atoms. The number of hydrogen-bond donors (Lipinski definition) is 2. The molecule has 11 atom stereocenters. The van der Waals surface area contributed by atoms with Gasteiger partial charge in [0.25, 0.3) is 0 Å². The van der Waals surface area contributed by atoms with E-state index >= 15 is 0 Å². The zero-order valence-corrected chi connectivity index (χ0v) is 19.8. The molecule has 176 valence electrons. The maximum Gasteiger partial charge on any atom is 0.184 e. The Balaban J connectivity index is 1.35. The van der Waals surface area contributed by atoms with E-state index in [1.54, 1.807) is 6.08 Å². The van der Waals surface area contributed by atoms with Crippen LogP contribution >= 0.6 is 0 Å². The number of carbonyl (C=O) groups excluding carboxylic acids is 1. The first kappa shape index (κ1) is 21.5. The van der Waals surface area contributed by atoms with Gasteiger partial charge in [-0.2, -0.15) is 0 Å². The molecule has 6 rings (SSSR count). The first-order valence-electron chi connectivity index (χ1n) is 12.7. The van der Waals surface area contributed by atoms with Gasteiger partial charge in [-0.1, -0.05) is 44.9 Å². The third-order valence-electron chi connectivity index (χ3n) is 10.8. The first-order valence-corrected chi connectivity index (χ1v) is 12.7. The molecule has 6 aliphatic rings. The molecule has 2 aliphatic heterocycles. The van der Waals surface area contributed by atoms with Crippen LogP contribution in [0, 0.1) is 40.4 Å². The number of hydrogen-bond acceptors (Lipinski definition) is 5. The van der Waals surface area contributed by atoms with E-state index < -0.39 is 18.0 Å². The monoisotopic (exact) mass is 442 g/mol. The van der Waals surface area contributed by atoms with Crippen molar-refractivity contribution in [2.24, 2.45) is 40.4 Å². The van der Waals surface area contributed by atoms with Crippen LogP contribution in [0.5, 0.6) is 0 Å². The highest BCUT2D eigenvalue weighted by molar-refractivity contribution is 5.95. The van der Waals surface area contributed by atoms with Crippen LogP contribution in [0.3, 0.4) is 0 Å². The second kappa shape index (κ2) is 6.78. The molecule has 0 aromatic heterocycles. The maximum atomic E-state index is 12.2. The van der Waals surface area contributed by atoms with E-state index in [0.717, 1.165) is 37.9 Å². The molecule has 4 aliphatic carbocycles. The van der Waals surface area contributed by atoms with E-state index in [4.69, 9.17) is 9.47 Å². The van der Waals surface area contributed by atoms with Gasteiger partial charge in [-0.25, -0.2) is 0 Å². The summed E-state index contributed by atoms with van der Waals surface area (Å²) in [5, 5.41) is 22.1. The second-order valence-electron chi connectivity index (χ2n) is 12.3. The standard InChI is InChI=1S/C27H38O5/c1-14-7-8-27(31-13-14)15(2)24-22(32-27)10-19-17-6-5-16-9-20(28)21(29)12-25(16,3)18(17)11-23(30)26(19,24)4/h6,9,14-15,18-19,21-24,29-30H,5,7-8,10-13H2,1-4H3/t14-,15+,18+,19+,21+,22+,23+,24+,25+,26-,27-/m1/s1. The first-order chi connectivity index (χ1) is 15.1. The molecule has 0 amide bonds. The average Bonchev–Trinajstić information content (AvgIpc) is 3.19. The van der Waals surface area contributed by atoms with Crippen molar-refractivity contribution in [1.29, 1.82) is 0 Å². The summed E-state index contributed by atoms with van der Waals surface area (Å²) >= 11 is 0. The van der Waals surface area contributed by atoms with Crippen molar-refractivity contribution in [2.45, 2.75) is 90.3 Å². The van der Waals surface area contributed by atoms with Crippen molar-refractivity contribution >= 4 is 5.78 Å². The summed E-state index contributed by atoms with van der Waals surface area (Å²) in [5.74, 6) is 0.916. The van der Waals surface area contributed by atoms with E-state index in [-0.39, 0.29) is 46.4 Å². The molecule has 0 unspecified atom stereocenters. The molecular weight excluding hydrogens is 404 g/mol. The molecule has 0 aromatic rings. The lowest BCUT2D eigenvalue weighted by atomic mass is 9.48. The quantitative estimate of drug-likeness (QED) is 0.559. The van der Waals surface area contributed by atoms with E-state index in [9.17, 15) is 15.0 Å². The molecule has 32 heavy (non-hydrogen) atoms. The molecule has 2 saturated carbocycles. The van der Waals surface area contributed by atoms with Crippen molar-refractivity contribution in [1.82, 2.24) is 0 Å². The normalized spacial score (nSPS) is 56.8. The van der Waals surface area contributed by atoms with Crippen LogP contribution in [0.15, 0.2) is 23.3 Å². The van der Waals surface area contributed by atoms with Crippen molar-refractivity contribution in [3.63, 3.8) is 0 Å². The number of ether oxygens (including phenoxy) is 2. The number of rotatable bonds is 0.